The van der Waals surface area contributed by atoms with Gasteiger partial charge in [-0.2, -0.15) is 5.10 Å². The summed E-state index contributed by atoms with van der Waals surface area (Å²) in [7, 11) is 0. The normalized spacial score (nSPS) is 15.4. The molecule has 0 atom stereocenters. The number of rotatable bonds is 2. The van der Waals surface area contributed by atoms with Crippen molar-refractivity contribution in [2.75, 3.05) is 0 Å². The van der Waals surface area contributed by atoms with Gasteiger partial charge in [0.25, 0.3) is 0 Å². The Bertz CT molecular complexity index is 529. The first-order valence-corrected chi connectivity index (χ1v) is 5.42. The van der Waals surface area contributed by atoms with Gasteiger partial charge in [-0.15, -0.1) is 0 Å². The van der Waals surface area contributed by atoms with Gasteiger partial charge in [0.1, 0.15) is 0 Å². The number of aromatic amines is 1. The van der Waals surface area contributed by atoms with Crippen molar-refractivity contribution in [3.8, 4) is 11.1 Å². The van der Waals surface area contributed by atoms with Crippen molar-refractivity contribution in [2.45, 2.75) is 25.7 Å². The summed E-state index contributed by atoms with van der Waals surface area (Å²) < 4.78 is 13.9. The van der Waals surface area contributed by atoms with Crippen LogP contribution in [0.15, 0.2) is 18.5 Å². The monoisotopic (exact) mass is 217 g/mol. The van der Waals surface area contributed by atoms with Crippen LogP contribution in [0.4, 0.5) is 4.39 Å². The first-order valence-electron chi connectivity index (χ1n) is 5.42. The van der Waals surface area contributed by atoms with Crippen LogP contribution in [0.5, 0.6) is 0 Å². The van der Waals surface area contributed by atoms with E-state index in [4.69, 9.17) is 0 Å². The second-order valence-corrected chi connectivity index (χ2v) is 4.23. The Morgan fingerprint density at radius 2 is 2.19 bits per heavy atom. The molecular weight excluding hydrogens is 205 g/mol. The minimum absolute atomic E-state index is 0.245. The van der Waals surface area contributed by atoms with Crippen LogP contribution in [0, 0.1) is 12.7 Å². The van der Waals surface area contributed by atoms with Gasteiger partial charge in [0, 0.05) is 28.9 Å². The van der Waals surface area contributed by atoms with E-state index in [-0.39, 0.29) is 5.82 Å². The Morgan fingerprint density at radius 1 is 1.38 bits per heavy atom. The third-order valence-electron chi connectivity index (χ3n) is 3.01. The second-order valence-electron chi connectivity index (χ2n) is 4.23. The van der Waals surface area contributed by atoms with Gasteiger partial charge < -0.3 is 0 Å². The number of pyridine rings is 1. The molecule has 1 saturated carbocycles. The van der Waals surface area contributed by atoms with E-state index >= 15 is 0 Å². The smallest absolute Gasteiger partial charge is 0.152 e. The molecule has 3 rings (SSSR count). The Morgan fingerprint density at radius 3 is 2.94 bits per heavy atom. The molecule has 0 spiro atoms. The maximum absolute atomic E-state index is 13.9. The van der Waals surface area contributed by atoms with Gasteiger partial charge in [-0.1, -0.05) is 0 Å². The van der Waals surface area contributed by atoms with Crippen LogP contribution >= 0.6 is 0 Å². The van der Waals surface area contributed by atoms with Crippen molar-refractivity contribution < 1.29 is 4.39 Å². The van der Waals surface area contributed by atoms with Gasteiger partial charge in [-0.25, -0.2) is 4.39 Å². The van der Waals surface area contributed by atoms with E-state index < -0.39 is 0 Å². The maximum atomic E-state index is 13.9. The van der Waals surface area contributed by atoms with Gasteiger partial charge >= 0.3 is 0 Å². The van der Waals surface area contributed by atoms with Crippen LogP contribution in [0.2, 0.25) is 0 Å². The fraction of sp³-hybridized carbons (Fsp3) is 0.333. The number of nitrogens with zero attached hydrogens (tertiary/aromatic N) is 2. The van der Waals surface area contributed by atoms with Gasteiger partial charge in [-0.05, 0) is 25.8 Å². The number of aryl methyl sites for hydroxylation is 1. The summed E-state index contributed by atoms with van der Waals surface area (Å²) >= 11 is 0. The number of hydrogen-bond donors (Lipinski definition) is 1. The fourth-order valence-electron chi connectivity index (χ4n) is 1.95. The van der Waals surface area contributed by atoms with Gasteiger partial charge in [0.2, 0.25) is 0 Å². The number of nitrogens with one attached hydrogen (secondary N) is 1. The maximum Gasteiger partial charge on any atom is 0.152 e. The van der Waals surface area contributed by atoms with Crippen molar-refractivity contribution >= 4 is 0 Å². The van der Waals surface area contributed by atoms with E-state index in [2.05, 4.69) is 15.2 Å². The molecule has 0 saturated heterocycles. The lowest BCUT2D eigenvalue weighted by Gasteiger charge is -2.04. The van der Waals surface area contributed by atoms with Crippen LogP contribution in [-0.4, -0.2) is 15.2 Å². The molecule has 1 fully saturated rings. The molecule has 0 aromatic carbocycles. The largest absolute Gasteiger partial charge is 0.282 e. The highest BCUT2D eigenvalue weighted by molar-refractivity contribution is 5.67. The summed E-state index contributed by atoms with van der Waals surface area (Å²) in [5.74, 6) is 0.288. The minimum Gasteiger partial charge on any atom is -0.282 e. The van der Waals surface area contributed by atoms with Crippen molar-refractivity contribution in [1.29, 1.82) is 0 Å². The highest BCUT2D eigenvalue weighted by Gasteiger charge is 2.29. The van der Waals surface area contributed by atoms with Crippen LogP contribution < -0.4 is 0 Å². The first kappa shape index (κ1) is 9.51. The molecule has 16 heavy (non-hydrogen) atoms. The third kappa shape index (κ3) is 1.41. The zero-order valence-electron chi connectivity index (χ0n) is 9.00. The van der Waals surface area contributed by atoms with Crippen LogP contribution in [0.1, 0.15) is 30.1 Å². The van der Waals surface area contributed by atoms with Gasteiger partial charge in [-0.3, -0.25) is 10.1 Å². The molecule has 0 aliphatic heterocycles. The van der Waals surface area contributed by atoms with Crippen molar-refractivity contribution in [2.24, 2.45) is 0 Å². The van der Waals surface area contributed by atoms with Crippen molar-refractivity contribution in [3.05, 3.63) is 35.7 Å². The summed E-state index contributed by atoms with van der Waals surface area (Å²) in [4.78, 5) is 3.93. The fourth-order valence-corrected chi connectivity index (χ4v) is 1.95. The highest BCUT2D eigenvalue weighted by atomic mass is 19.1. The topological polar surface area (TPSA) is 41.6 Å². The Labute approximate surface area is 92.7 Å². The quantitative estimate of drug-likeness (QED) is 0.840. The molecule has 82 valence electrons. The molecule has 1 N–H and O–H groups in total. The number of H-pyrrole nitrogens is 1. The van der Waals surface area contributed by atoms with E-state index in [1.54, 1.807) is 25.4 Å². The molecule has 1 aliphatic carbocycles. The Kier molecular flexibility index (Phi) is 2.02. The molecule has 2 aromatic rings. The number of aromatic nitrogens is 3. The molecule has 0 radical (unpaired) electrons. The van der Waals surface area contributed by atoms with E-state index in [9.17, 15) is 4.39 Å². The van der Waals surface area contributed by atoms with Crippen molar-refractivity contribution in [3.63, 3.8) is 0 Å². The molecule has 4 heteroatoms. The zero-order valence-corrected chi connectivity index (χ0v) is 9.00. The Hall–Kier alpha value is -1.71. The summed E-state index contributed by atoms with van der Waals surface area (Å²) in [6.07, 6.45) is 5.67. The third-order valence-corrected chi connectivity index (χ3v) is 3.01. The molecule has 2 aromatic heterocycles. The summed E-state index contributed by atoms with van der Waals surface area (Å²) in [6, 6.07) is 1.71. The lowest BCUT2D eigenvalue weighted by Crippen LogP contribution is -1.93. The molecular formula is C12H12FN3. The predicted octanol–water partition coefficient (Wildman–Crippen LogP) is 2.80. The van der Waals surface area contributed by atoms with Gasteiger partial charge in [0.15, 0.2) is 5.82 Å². The SMILES string of the molecule is Cc1nccc(-c2cn[nH]c2C2CC2)c1F. The molecule has 0 unspecified atom stereocenters. The standard InChI is InChI=1S/C12H12FN3/c1-7-11(13)9(4-5-14-7)10-6-15-16-12(10)8-2-3-8/h4-6,8H,2-3H2,1H3,(H,15,16). The summed E-state index contributed by atoms with van der Waals surface area (Å²) in [5, 5.41) is 6.99. The highest BCUT2D eigenvalue weighted by Crippen LogP contribution is 2.43. The van der Waals surface area contributed by atoms with Crippen LogP contribution in [-0.2, 0) is 0 Å². The lowest BCUT2D eigenvalue weighted by molar-refractivity contribution is 0.613. The molecule has 1 aliphatic rings. The van der Waals surface area contributed by atoms with Crippen molar-refractivity contribution in [1.82, 2.24) is 15.2 Å². The van der Waals surface area contributed by atoms with E-state index in [0.29, 0.717) is 17.2 Å². The molecule has 2 heterocycles. The lowest BCUT2D eigenvalue weighted by atomic mass is 10.0. The van der Waals surface area contributed by atoms with E-state index in [0.717, 1.165) is 11.3 Å². The average molecular weight is 217 g/mol. The predicted molar refractivity (Wildman–Crippen MR) is 58.5 cm³/mol. The zero-order chi connectivity index (χ0) is 11.1. The molecule has 3 nitrogen and oxygen atoms in total. The van der Waals surface area contributed by atoms with E-state index in [1.807, 2.05) is 0 Å². The second kappa shape index (κ2) is 3.40. The van der Waals surface area contributed by atoms with Gasteiger partial charge in [0.05, 0.1) is 11.9 Å². The summed E-state index contributed by atoms with van der Waals surface area (Å²) in [6.45, 7) is 1.68. The Balaban J connectivity index is 2.14. The van der Waals surface area contributed by atoms with Crippen LogP contribution in [0.3, 0.4) is 0 Å². The molecule has 0 bridgehead atoms. The minimum atomic E-state index is -0.245. The van der Waals surface area contributed by atoms with E-state index in [1.165, 1.54) is 12.8 Å². The number of hydrogen-bond acceptors (Lipinski definition) is 2. The first-order chi connectivity index (χ1) is 7.77. The summed E-state index contributed by atoms with van der Waals surface area (Å²) in [5.41, 5.74) is 2.97. The number of halogens is 1. The average Bonchev–Trinajstić information content (AvgIpc) is 3.01. The van der Waals surface area contributed by atoms with Crippen LogP contribution in [0.25, 0.3) is 11.1 Å². The molecule has 0 amide bonds.